The maximum Gasteiger partial charge on any atom is 0.270 e. The van der Waals surface area contributed by atoms with Gasteiger partial charge in [0.15, 0.2) is 0 Å². The zero-order valence-electron chi connectivity index (χ0n) is 8.68. The second kappa shape index (κ2) is 3.33. The molecule has 0 aromatic heterocycles. The lowest BCUT2D eigenvalue weighted by atomic mass is 10.0. The van der Waals surface area contributed by atoms with Crippen LogP contribution in [0.2, 0.25) is 0 Å². The van der Waals surface area contributed by atoms with E-state index in [0.29, 0.717) is 0 Å². The summed E-state index contributed by atoms with van der Waals surface area (Å²) in [5.74, 6) is 0.765. The van der Waals surface area contributed by atoms with Crippen LogP contribution < -0.4 is 4.74 Å². The van der Waals surface area contributed by atoms with Gasteiger partial charge in [0.1, 0.15) is 11.9 Å². The fourth-order valence-electron chi connectivity index (χ4n) is 2.36. The minimum absolute atomic E-state index is 0.121. The van der Waals surface area contributed by atoms with Gasteiger partial charge in [-0.3, -0.25) is 10.1 Å². The quantitative estimate of drug-likeness (QED) is 0.536. The molecule has 1 atom stereocenters. The zero-order valence-corrected chi connectivity index (χ0v) is 8.68. The average Bonchev–Trinajstić information content (AvgIpc) is 2.71. The molecule has 0 spiro atoms. The highest BCUT2D eigenvalue weighted by Crippen LogP contribution is 2.38. The summed E-state index contributed by atoms with van der Waals surface area (Å²) in [5, 5.41) is 10.7. The Labute approximate surface area is 92.7 Å². The standard InChI is InChI=1S/C12H11NO3/c14-13(15)10-4-5-12-9(7-10)6-8-2-1-3-11(8)16-12/h4-7,11H,1-3H2. The van der Waals surface area contributed by atoms with Crippen molar-refractivity contribution in [1.29, 1.82) is 0 Å². The third-order valence-electron chi connectivity index (χ3n) is 3.16. The lowest BCUT2D eigenvalue weighted by Gasteiger charge is -2.21. The number of non-ortho nitro benzene ring substituents is 1. The highest BCUT2D eigenvalue weighted by Gasteiger charge is 2.27. The molecule has 0 bridgehead atoms. The van der Waals surface area contributed by atoms with Gasteiger partial charge in [-0.25, -0.2) is 0 Å². The van der Waals surface area contributed by atoms with Crippen LogP contribution in [0.5, 0.6) is 5.75 Å². The van der Waals surface area contributed by atoms with Crippen molar-refractivity contribution in [1.82, 2.24) is 0 Å². The molecule has 1 aliphatic carbocycles. The van der Waals surface area contributed by atoms with Crippen molar-refractivity contribution >= 4 is 11.8 Å². The molecular weight excluding hydrogens is 206 g/mol. The number of nitro groups is 1. The van der Waals surface area contributed by atoms with Crippen LogP contribution in [0.15, 0.2) is 23.8 Å². The first-order chi connectivity index (χ1) is 7.74. The SMILES string of the molecule is O=[N+]([O-])c1ccc2c(c1)C=C1CCCC1O2. The molecule has 3 rings (SSSR count). The molecule has 1 aromatic carbocycles. The lowest BCUT2D eigenvalue weighted by molar-refractivity contribution is -0.384. The summed E-state index contributed by atoms with van der Waals surface area (Å²) < 4.78 is 5.80. The molecule has 0 amide bonds. The second-order valence-electron chi connectivity index (χ2n) is 4.20. The molecule has 82 valence electrons. The molecule has 1 saturated carbocycles. The fourth-order valence-corrected chi connectivity index (χ4v) is 2.36. The monoisotopic (exact) mass is 217 g/mol. The lowest BCUT2D eigenvalue weighted by Crippen LogP contribution is -2.17. The molecule has 2 aliphatic rings. The van der Waals surface area contributed by atoms with Crippen LogP contribution in [0, 0.1) is 10.1 Å². The van der Waals surface area contributed by atoms with E-state index in [4.69, 9.17) is 4.74 Å². The molecule has 1 unspecified atom stereocenters. The Morgan fingerprint density at radius 3 is 3.12 bits per heavy atom. The van der Waals surface area contributed by atoms with Crippen LogP contribution in [0.1, 0.15) is 24.8 Å². The summed E-state index contributed by atoms with van der Waals surface area (Å²) in [4.78, 5) is 10.3. The van der Waals surface area contributed by atoms with Crippen LogP contribution in [-0.4, -0.2) is 11.0 Å². The van der Waals surface area contributed by atoms with E-state index >= 15 is 0 Å². The van der Waals surface area contributed by atoms with E-state index in [2.05, 4.69) is 0 Å². The predicted molar refractivity (Wildman–Crippen MR) is 59.3 cm³/mol. The Kier molecular flexibility index (Phi) is 1.96. The third kappa shape index (κ3) is 1.38. The number of ether oxygens (including phenoxy) is 1. The van der Waals surface area contributed by atoms with E-state index in [1.807, 2.05) is 6.08 Å². The summed E-state index contributed by atoms with van der Waals surface area (Å²) >= 11 is 0. The minimum Gasteiger partial charge on any atom is -0.485 e. The summed E-state index contributed by atoms with van der Waals surface area (Å²) in [6.07, 6.45) is 5.50. The molecule has 1 aliphatic heterocycles. The average molecular weight is 217 g/mol. The molecule has 4 heteroatoms. The van der Waals surface area contributed by atoms with Gasteiger partial charge in [0.2, 0.25) is 0 Å². The molecule has 0 radical (unpaired) electrons. The van der Waals surface area contributed by atoms with Crippen molar-refractivity contribution in [3.63, 3.8) is 0 Å². The van der Waals surface area contributed by atoms with Crippen molar-refractivity contribution in [3.8, 4) is 5.75 Å². The Bertz CT molecular complexity index is 493. The smallest absolute Gasteiger partial charge is 0.270 e. The van der Waals surface area contributed by atoms with Gasteiger partial charge in [0.25, 0.3) is 5.69 Å². The van der Waals surface area contributed by atoms with Gasteiger partial charge in [-0.2, -0.15) is 0 Å². The molecule has 0 N–H and O–H groups in total. The minimum atomic E-state index is -0.375. The number of rotatable bonds is 1. The number of benzene rings is 1. The normalized spacial score (nSPS) is 21.8. The van der Waals surface area contributed by atoms with E-state index in [1.54, 1.807) is 12.1 Å². The van der Waals surface area contributed by atoms with Gasteiger partial charge in [0.05, 0.1) is 4.92 Å². The fraction of sp³-hybridized carbons (Fsp3) is 0.333. The number of hydrogen-bond donors (Lipinski definition) is 0. The number of nitro benzene ring substituents is 1. The maximum absolute atomic E-state index is 10.7. The predicted octanol–water partition coefficient (Wildman–Crippen LogP) is 2.92. The molecule has 1 fully saturated rings. The first-order valence-electron chi connectivity index (χ1n) is 5.39. The molecule has 0 saturated heterocycles. The van der Waals surface area contributed by atoms with Gasteiger partial charge < -0.3 is 4.74 Å². The molecule has 4 nitrogen and oxygen atoms in total. The third-order valence-corrected chi connectivity index (χ3v) is 3.16. The highest BCUT2D eigenvalue weighted by atomic mass is 16.6. The Morgan fingerprint density at radius 2 is 2.31 bits per heavy atom. The maximum atomic E-state index is 10.7. The van der Waals surface area contributed by atoms with Gasteiger partial charge in [-0.15, -0.1) is 0 Å². The van der Waals surface area contributed by atoms with E-state index in [-0.39, 0.29) is 16.7 Å². The van der Waals surface area contributed by atoms with E-state index in [0.717, 1.165) is 30.6 Å². The summed E-state index contributed by atoms with van der Waals surface area (Å²) in [6.45, 7) is 0. The molecule has 1 heterocycles. The van der Waals surface area contributed by atoms with Crippen LogP contribution in [0.25, 0.3) is 6.08 Å². The molecule has 1 aromatic rings. The van der Waals surface area contributed by atoms with Crippen LogP contribution >= 0.6 is 0 Å². The summed E-state index contributed by atoms with van der Waals surface area (Å²) in [6, 6.07) is 4.77. The Balaban J connectivity index is 2.06. The topological polar surface area (TPSA) is 52.4 Å². The molecular formula is C12H11NO3. The van der Waals surface area contributed by atoms with Gasteiger partial charge in [-0.1, -0.05) is 0 Å². The van der Waals surface area contributed by atoms with Crippen molar-refractivity contribution in [2.75, 3.05) is 0 Å². The molecule has 16 heavy (non-hydrogen) atoms. The first-order valence-corrected chi connectivity index (χ1v) is 5.39. The largest absolute Gasteiger partial charge is 0.485 e. The highest BCUT2D eigenvalue weighted by molar-refractivity contribution is 5.66. The van der Waals surface area contributed by atoms with Crippen molar-refractivity contribution in [2.24, 2.45) is 0 Å². The Hall–Kier alpha value is -1.84. The van der Waals surface area contributed by atoms with Crippen LogP contribution in [0.3, 0.4) is 0 Å². The van der Waals surface area contributed by atoms with Gasteiger partial charge >= 0.3 is 0 Å². The second-order valence-corrected chi connectivity index (χ2v) is 4.20. The van der Waals surface area contributed by atoms with Crippen LogP contribution in [-0.2, 0) is 0 Å². The van der Waals surface area contributed by atoms with Crippen molar-refractivity contribution < 1.29 is 9.66 Å². The number of nitrogens with zero attached hydrogens (tertiary/aromatic N) is 1. The van der Waals surface area contributed by atoms with E-state index < -0.39 is 0 Å². The Morgan fingerprint density at radius 1 is 1.44 bits per heavy atom. The van der Waals surface area contributed by atoms with Crippen molar-refractivity contribution in [2.45, 2.75) is 25.4 Å². The summed E-state index contributed by atoms with van der Waals surface area (Å²) in [7, 11) is 0. The number of fused-ring (bicyclic) bond motifs is 2. The zero-order chi connectivity index (χ0) is 11.1. The van der Waals surface area contributed by atoms with Crippen molar-refractivity contribution in [3.05, 3.63) is 39.4 Å². The summed E-state index contributed by atoms with van der Waals surface area (Å²) in [5.41, 5.74) is 2.23. The van der Waals surface area contributed by atoms with Gasteiger partial charge in [0, 0.05) is 17.7 Å². The van der Waals surface area contributed by atoms with E-state index in [9.17, 15) is 10.1 Å². The first kappa shape index (κ1) is 9.39. The van der Waals surface area contributed by atoms with E-state index in [1.165, 1.54) is 11.6 Å². The van der Waals surface area contributed by atoms with Gasteiger partial charge in [-0.05, 0) is 37.0 Å². The van der Waals surface area contributed by atoms with Crippen LogP contribution in [0.4, 0.5) is 5.69 Å². The number of hydrogen-bond acceptors (Lipinski definition) is 3.